The van der Waals surface area contributed by atoms with Crippen molar-refractivity contribution >= 4 is 34.2 Å². The average Bonchev–Trinajstić information content (AvgIpc) is 2.65. The lowest BCUT2D eigenvalue weighted by Crippen LogP contribution is -2.13. The third-order valence-electron chi connectivity index (χ3n) is 1.88. The number of rotatable bonds is 2. The number of halogens is 1. The van der Waals surface area contributed by atoms with Crippen LogP contribution in [-0.2, 0) is 0 Å². The Morgan fingerprint density at radius 2 is 2.31 bits per heavy atom. The summed E-state index contributed by atoms with van der Waals surface area (Å²) in [6, 6.07) is 7.52. The minimum absolute atomic E-state index is 0.149. The van der Waals surface area contributed by atoms with Crippen molar-refractivity contribution < 1.29 is 4.79 Å². The maximum atomic E-state index is 11.7. The molecule has 0 fully saturated rings. The summed E-state index contributed by atoms with van der Waals surface area (Å²) in [5.74, 6) is 0.454. The van der Waals surface area contributed by atoms with E-state index in [0.717, 1.165) is 9.26 Å². The van der Waals surface area contributed by atoms with Gasteiger partial charge in [-0.15, -0.1) is 5.10 Å². The molecule has 0 radical (unpaired) electrons. The average molecular weight is 328 g/mol. The Morgan fingerprint density at radius 3 is 2.94 bits per heavy atom. The highest BCUT2D eigenvalue weighted by Gasteiger charge is 2.10. The van der Waals surface area contributed by atoms with Crippen molar-refractivity contribution in [1.29, 1.82) is 0 Å². The van der Waals surface area contributed by atoms with Crippen LogP contribution in [0.2, 0.25) is 0 Å². The van der Waals surface area contributed by atoms with Gasteiger partial charge in [0.2, 0.25) is 5.82 Å². The smallest absolute Gasteiger partial charge is 0.295 e. The first kappa shape index (κ1) is 11.1. The van der Waals surface area contributed by atoms with E-state index >= 15 is 0 Å². The molecule has 0 saturated heterocycles. The third-order valence-corrected chi connectivity index (χ3v) is 2.55. The summed E-state index contributed by atoms with van der Waals surface area (Å²) in [6.45, 7) is 1.75. The van der Waals surface area contributed by atoms with Gasteiger partial charge in [0.1, 0.15) is 5.82 Å². The van der Waals surface area contributed by atoms with Crippen molar-refractivity contribution in [3.63, 3.8) is 0 Å². The van der Waals surface area contributed by atoms with Crippen LogP contribution in [0.3, 0.4) is 0 Å². The fraction of sp³-hybridized carbons (Fsp3) is 0.100. The Hall–Kier alpha value is -1.44. The molecule has 0 aliphatic rings. The number of nitrogens with one attached hydrogen (secondary N) is 2. The zero-order chi connectivity index (χ0) is 11.5. The van der Waals surface area contributed by atoms with Gasteiger partial charge in [-0.25, -0.2) is 4.98 Å². The summed E-state index contributed by atoms with van der Waals surface area (Å²) in [5.41, 5.74) is 0.736. The summed E-state index contributed by atoms with van der Waals surface area (Å²) in [5, 5.41) is 9.13. The van der Waals surface area contributed by atoms with Crippen LogP contribution in [0.5, 0.6) is 0 Å². The standard InChI is InChI=1S/C10H9IN4O/c1-6-12-9(15-14-6)10(16)13-8-4-2-3-7(11)5-8/h2-5H,1H3,(H,13,16)(H,12,14,15). The number of carbonyl (C=O) groups excluding carboxylic acids is 1. The van der Waals surface area contributed by atoms with Gasteiger partial charge in [0.15, 0.2) is 0 Å². The number of aryl methyl sites for hydroxylation is 1. The van der Waals surface area contributed by atoms with E-state index in [4.69, 9.17) is 0 Å². The molecular formula is C10H9IN4O. The van der Waals surface area contributed by atoms with Crippen LogP contribution < -0.4 is 5.32 Å². The highest BCUT2D eigenvalue weighted by molar-refractivity contribution is 14.1. The Morgan fingerprint density at radius 1 is 1.50 bits per heavy atom. The predicted octanol–water partition coefficient (Wildman–Crippen LogP) is 1.97. The maximum Gasteiger partial charge on any atom is 0.295 e. The summed E-state index contributed by atoms with van der Waals surface area (Å²) in [4.78, 5) is 15.6. The Bertz CT molecular complexity index is 523. The first-order valence-corrected chi connectivity index (χ1v) is 5.69. The third kappa shape index (κ3) is 2.57. The second-order valence-corrected chi connectivity index (χ2v) is 4.45. The number of hydrogen-bond acceptors (Lipinski definition) is 3. The van der Waals surface area contributed by atoms with Crippen LogP contribution in [-0.4, -0.2) is 21.1 Å². The van der Waals surface area contributed by atoms with Gasteiger partial charge in [0.25, 0.3) is 5.91 Å². The highest BCUT2D eigenvalue weighted by Crippen LogP contribution is 2.12. The molecule has 82 valence electrons. The lowest BCUT2D eigenvalue weighted by atomic mass is 10.3. The maximum absolute atomic E-state index is 11.7. The van der Waals surface area contributed by atoms with Crippen LogP contribution in [0, 0.1) is 10.5 Å². The summed E-state index contributed by atoms with van der Waals surface area (Å²) in [6.07, 6.45) is 0. The van der Waals surface area contributed by atoms with Crippen LogP contribution in [0.15, 0.2) is 24.3 Å². The van der Waals surface area contributed by atoms with Gasteiger partial charge < -0.3 is 5.32 Å². The molecule has 16 heavy (non-hydrogen) atoms. The molecule has 0 aliphatic heterocycles. The number of aromatic amines is 1. The van der Waals surface area contributed by atoms with E-state index < -0.39 is 0 Å². The minimum Gasteiger partial charge on any atom is -0.319 e. The lowest BCUT2D eigenvalue weighted by molar-refractivity contribution is 0.101. The molecule has 0 spiro atoms. The van der Waals surface area contributed by atoms with E-state index in [1.807, 2.05) is 24.3 Å². The Kier molecular flexibility index (Phi) is 3.18. The molecule has 1 amide bonds. The van der Waals surface area contributed by atoms with Crippen molar-refractivity contribution in [3.05, 3.63) is 39.5 Å². The molecule has 1 aromatic heterocycles. The number of nitrogens with zero attached hydrogens (tertiary/aromatic N) is 2. The van der Waals surface area contributed by atoms with Crippen molar-refractivity contribution in [2.24, 2.45) is 0 Å². The van der Waals surface area contributed by atoms with Gasteiger partial charge in [0.05, 0.1) is 0 Å². The molecule has 2 aromatic rings. The number of amides is 1. The monoisotopic (exact) mass is 328 g/mol. The molecule has 1 aromatic carbocycles. The topological polar surface area (TPSA) is 70.7 Å². The van der Waals surface area contributed by atoms with E-state index in [2.05, 4.69) is 43.1 Å². The van der Waals surface area contributed by atoms with Crippen molar-refractivity contribution in [3.8, 4) is 0 Å². The number of H-pyrrole nitrogens is 1. The number of benzene rings is 1. The van der Waals surface area contributed by atoms with E-state index in [0.29, 0.717) is 5.82 Å². The molecule has 1 heterocycles. The fourth-order valence-electron chi connectivity index (χ4n) is 1.20. The zero-order valence-corrected chi connectivity index (χ0v) is 10.6. The van der Waals surface area contributed by atoms with E-state index in [-0.39, 0.29) is 11.7 Å². The van der Waals surface area contributed by atoms with Crippen LogP contribution in [0.1, 0.15) is 16.4 Å². The lowest BCUT2D eigenvalue weighted by Gasteiger charge is -2.02. The van der Waals surface area contributed by atoms with Crippen LogP contribution in [0.4, 0.5) is 5.69 Å². The zero-order valence-electron chi connectivity index (χ0n) is 8.49. The van der Waals surface area contributed by atoms with Gasteiger partial charge in [0, 0.05) is 9.26 Å². The van der Waals surface area contributed by atoms with Gasteiger partial charge >= 0.3 is 0 Å². The molecule has 0 bridgehead atoms. The molecule has 0 saturated carbocycles. The highest BCUT2D eigenvalue weighted by atomic mass is 127. The molecule has 0 atom stereocenters. The van der Waals surface area contributed by atoms with E-state index in [1.165, 1.54) is 0 Å². The molecule has 5 nitrogen and oxygen atoms in total. The van der Waals surface area contributed by atoms with Crippen molar-refractivity contribution in [1.82, 2.24) is 15.2 Å². The van der Waals surface area contributed by atoms with Gasteiger partial charge in [-0.2, -0.15) is 0 Å². The summed E-state index contributed by atoms with van der Waals surface area (Å²) in [7, 11) is 0. The Balaban J connectivity index is 2.13. The second-order valence-electron chi connectivity index (χ2n) is 3.21. The fourth-order valence-corrected chi connectivity index (χ4v) is 1.74. The Labute approximate surface area is 106 Å². The molecule has 2 rings (SSSR count). The summed E-state index contributed by atoms with van der Waals surface area (Å²) >= 11 is 2.18. The molecule has 0 aliphatic carbocycles. The van der Waals surface area contributed by atoms with E-state index in [9.17, 15) is 4.79 Å². The summed E-state index contributed by atoms with van der Waals surface area (Å²) < 4.78 is 1.06. The number of carbonyl (C=O) groups is 1. The predicted molar refractivity (Wildman–Crippen MR) is 68.2 cm³/mol. The largest absolute Gasteiger partial charge is 0.319 e. The molecular weight excluding hydrogens is 319 g/mol. The van der Waals surface area contributed by atoms with E-state index in [1.54, 1.807) is 6.92 Å². The van der Waals surface area contributed by atoms with Gasteiger partial charge in [-0.1, -0.05) is 6.07 Å². The number of aromatic nitrogens is 3. The molecule has 0 unspecified atom stereocenters. The number of anilines is 1. The van der Waals surface area contributed by atoms with Crippen molar-refractivity contribution in [2.45, 2.75) is 6.92 Å². The SMILES string of the molecule is Cc1nc(C(=O)Nc2cccc(I)c2)n[nH]1. The molecule has 2 N–H and O–H groups in total. The first-order valence-electron chi connectivity index (χ1n) is 4.61. The normalized spacial score (nSPS) is 10.1. The van der Waals surface area contributed by atoms with Gasteiger partial charge in [-0.05, 0) is 47.7 Å². The van der Waals surface area contributed by atoms with Crippen LogP contribution >= 0.6 is 22.6 Å². The quantitative estimate of drug-likeness (QED) is 0.828. The second kappa shape index (κ2) is 4.60. The first-order chi connectivity index (χ1) is 7.65. The number of hydrogen-bond donors (Lipinski definition) is 2. The van der Waals surface area contributed by atoms with Gasteiger partial charge in [-0.3, -0.25) is 9.89 Å². The molecule has 6 heteroatoms. The van der Waals surface area contributed by atoms with Crippen molar-refractivity contribution in [2.75, 3.05) is 5.32 Å². The van der Waals surface area contributed by atoms with Crippen LogP contribution in [0.25, 0.3) is 0 Å². The minimum atomic E-state index is -0.314.